The molecular formula is C17H20FN3O3S. The van der Waals surface area contributed by atoms with Gasteiger partial charge in [0.15, 0.2) is 0 Å². The van der Waals surface area contributed by atoms with Crippen LogP contribution < -0.4 is 10.5 Å². The molecule has 2 rings (SSSR count). The van der Waals surface area contributed by atoms with Crippen molar-refractivity contribution in [3.63, 3.8) is 0 Å². The summed E-state index contributed by atoms with van der Waals surface area (Å²) in [6.45, 7) is 0.860. The molecule has 0 radical (unpaired) electrons. The fraction of sp³-hybridized carbons (Fsp3) is 0.235. The third kappa shape index (κ3) is 5.93. The van der Waals surface area contributed by atoms with E-state index in [1.54, 1.807) is 25.2 Å². The van der Waals surface area contributed by atoms with Gasteiger partial charge in [-0.15, -0.1) is 0 Å². The van der Waals surface area contributed by atoms with Gasteiger partial charge in [0, 0.05) is 30.8 Å². The fourth-order valence-electron chi connectivity index (χ4n) is 2.24. The van der Waals surface area contributed by atoms with Crippen molar-refractivity contribution in [2.45, 2.75) is 17.9 Å². The number of primary sulfonamides is 1. The van der Waals surface area contributed by atoms with Crippen molar-refractivity contribution in [2.24, 2.45) is 5.14 Å². The number of amides is 1. The van der Waals surface area contributed by atoms with E-state index < -0.39 is 10.0 Å². The molecule has 0 saturated heterocycles. The molecule has 0 aliphatic heterocycles. The van der Waals surface area contributed by atoms with E-state index in [1.807, 2.05) is 4.90 Å². The molecule has 0 heterocycles. The second-order valence-corrected chi connectivity index (χ2v) is 7.26. The highest BCUT2D eigenvalue weighted by Gasteiger charge is 2.10. The summed E-state index contributed by atoms with van der Waals surface area (Å²) in [5.41, 5.74) is 1.05. The first-order chi connectivity index (χ1) is 11.8. The van der Waals surface area contributed by atoms with Gasteiger partial charge in [-0.2, -0.15) is 0 Å². The summed E-state index contributed by atoms with van der Waals surface area (Å²) in [7, 11) is -1.95. The predicted molar refractivity (Wildman–Crippen MR) is 93.8 cm³/mol. The van der Waals surface area contributed by atoms with Crippen LogP contribution in [0.4, 0.5) is 10.1 Å². The van der Waals surface area contributed by atoms with Crippen LogP contribution >= 0.6 is 0 Å². The summed E-state index contributed by atoms with van der Waals surface area (Å²) in [6.07, 6.45) is 0.224. The molecule has 3 N–H and O–H groups in total. The lowest BCUT2D eigenvalue weighted by atomic mass is 10.2. The molecule has 0 bridgehead atoms. The van der Waals surface area contributed by atoms with Crippen LogP contribution in [0.3, 0.4) is 0 Å². The molecule has 0 spiro atoms. The van der Waals surface area contributed by atoms with E-state index in [4.69, 9.17) is 5.14 Å². The highest BCUT2D eigenvalue weighted by molar-refractivity contribution is 7.89. The Morgan fingerprint density at radius 2 is 1.80 bits per heavy atom. The van der Waals surface area contributed by atoms with Gasteiger partial charge in [0.05, 0.1) is 4.90 Å². The molecule has 0 aromatic heterocycles. The van der Waals surface area contributed by atoms with E-state index in [-0.39, 0.29) is 23.0 Å². The Kier molecular flexibility index (Phi) is 6.24. The lowest BCUT2D eigenvalue weighted by molar-refractivity contribution is -0.116. The Labute approximate surface area is 146 Å². The van der Waals surface area contributed by atoms with Crippen molar-refractivity contribution < 1.29 is 17.6 Å². The van der Waals surface area contributed by atoms with Gasteiger partial charge in [-0.3, -0.25) is 4.79 Å². The lowest BCUT2D eigenvalue weighted by Gasteiger charge is -2.16. The van der Waals surface area contributed by atoms with Gasteiger partial charge < -0.3 is 10.2 Å². The first-order valence-corrected chi connectivity index (χ1v) is 9.15. The molecule has 2 aromatic carbocycles. The quantitative estimate of drug-likeness (QED) is 0.784. The number of nitrogens with zero attached hydrogens (tertiary/aromatic N) is 1. The van der Waals surface area contributed by atoms with Crippen LogP contribution in [0.15, 0.2) is 53.4 Å². The summed E-state index contributed by atoms with van der Waals surface area (Å²) >= 11 is 0. The van der Waals surface area contributed by atoms with Gasteiger partial charge in [-0.05, 0) is 37.4 Å². The zero-order chi connectivity index (χ0) is 18.4. The number of halogens is 1. The maximum absolute atomic E-state index is 13.6. The first-order valence-electron chi connectivity index (χ1n) is 7.60. The van der Waals surface area contributed by atoms with Crippen LogP contribution in [0.1, 0.15) is 12.0 Å². The number of nitrogens with one attached hydrogen (secondary N) is 1. The molecule has 25 heavy (non-hydrogen) atoms. The number of hydrogen-bond acceptors (Lipinski definition) is 4. The van der Waals surface area contributed by atoms with E-state index in [2.05, 4.69) is 5.32 Å². The SMILES string of the molecule is CN(CCC(=O)Nc1ccc(S(N)(=O)=O)cc1)Cc1ccccc1F. The first kappa shape index (κ1) is 19.0. The van der Waals surface area contributed by atoms with E-state index in [0.717, 1.165) is 0 Å². The standard InChI is InChI=1S/C17H20FN3O3S/c1-21(12-13-4-2-3-5-16(13)18)11-10-17(22)20-14-6-8-15(9-7-14)25(19,23)24/h2-9H,10-12H2,1H3,(H,20,22)(H2,19,23,24). The van der Waals surface area contributed by atoms with Crippen molar-refractivity contribution >= 4 is 21.6 Å². The molecule has 134 valence electrons. The molecule has 0 saturated carbocycles. The summed E-state index contributed by atoms with van der Waals surface area (Å²) in [5.74, 6) is -0.488. The lowest BCUT2D eigenvalue weighted by Crippen LogP contribution is -2.24. The molecule has 2 aromatic rings. The smallest absolute Gasteiger partial charge is 0.238 e. The third-order valence-corrected chi connectivity index (χ3v) is 4.51. The summed E-state index contributed by atoms with van der Waals surface area (Å²) < 4.78 is 35.9. The van der Waals surface area contributed by atoms with Gasteiger partial charge in [0.1, 0.15) is 5.82 Å². The highest BCUT2D eigenvalue weighted by atomic mass is 32.2. The second-order valence-electron chi connectivity index (χ2n) is 5.70. The molecule has 0 fully saturated rings. The van der Waals surface area contributed by atoms with Gasteiger partial charge in [-0.1, -0.05) is 18.2 Å². The van der Waals surface area contributed by atoms with Gasteiger partial charge in [0.2, 0.25) is 15.9 Å². The summed E-state index contributed by atoms with van der Waals surface area (Å²) in [6, 6.07) is 12.1. The van der Waals surface area contributed by atoms with Gasteiger partial charge >= 0.3 is 0 Å². The number of carbonyl (C=O) groups excluding carboxylic acids is 1. The molecular weight excluding hydrogens is 345 g/mol. The van der Waals surface area contributed by atoms with Crippen LogP contribution in [0.5, 0.6) is 0 Å². The number of hydrogen-bond donors (Lipinski definition) is 2. The average Bonchev–Trinajstić information content (AvgIpc) is 2.55. The van der Waals surface area contributed by atoms with Crippen molar-refractivity contribution in [3.8, 4) is 0 Å². The molecule has 0 atom stereocenters. The Morgan fingerprint density at radius 3 is 2.40 bits per heavy atom. The average molecular weight is 365 g/mol. The maximum Gasteiger partial charge on any atom is 0.238 e. The van der Waals surface area contributed by atoms with Crippen LogP contribution in [0.25, 0.3) is 0 Å². The minimum atomic E-state index is -3.75. The Morgan fingerprint density at radius 1 is 1.16 bits per heavy atom. The normalized spacial score (nSPS) is 11.5. The molecule has 8 heteroatoms. The van der Waals surface area contributed by atoms with E-state index in [0.29, 0.717) is 24.3 Å². The van der Waals surface area contributed by atoms with Crippen molar-refractivity contribution in [1.82, 2.24) is 4.90 Å². The monoisotopic (exact) mass is 365 g/mol. The number of rotatable bonds is 7. The summed E-state index contributed by atoms with van der Waals surface area (Å²) in [4.78, 5) is 13.8. The Balaban J connectivity index is 1.83. The number of benzene rings is 2. The number of anilines is 1. The largest absolute Gasteiger partial charge is 0.326 e. The van der Waals surface area contributed by atoms with Crippen molar-refractivity contribution in [1.29, 1.82) is 0 Å². The number of nitrogens with two attached hydrogens (primary N) is 1. The van der Waals surface area contributed by atoms with Crippen molar-refractivity contribution in [3.05, 3.63) is 59.9 Å². The molecule has 6 nitrogen and oxygen atoms in total. The van der Waals surface area contributed by atoms with Crippen LogP contribution in [-0.4, -0.2) is 32.8 Å². The zero-order valence-corrected chi connectivity index (χ0v) is 14.6. The highest BCUT2D eigenvalue weighted by Crippen LogP contribution is 2.13. The molecule has 0 unspecified atom stereocenters. The Bertz CT molecular complexity index is 838. The van der Waals surface area contributed by atoms with E-state index in [1.165, 1.54) is 30.3 Å². The van der Waals surface area contributed by atoms with Gasteiger partial charge in [0.25, 0.3) is 0 Å². The van der Waals surface area contributed by atoms with E-state index in [9.17, 15) is 17.6 Å². The van der Waals surface area contributed by atoms with E-state index >= 15 is 0 Å². The number of sulfonamides is 1. The minimum Gasteiger partial charge on any atom is -0.326 e. The predicted octanol–water partition coefficient (Wildman–Crippen LogP) is 1.93. The van der Waals surface area contributed by atoms with Crippen LogP contribution in [-0.2, 0) is 21.4 Å². The minimum absolute atomic E-state index is 0.0184. The molecule has 0 aliphatic rings. The van der Waals surface area contributed by atoms with Gasteiger partial charge in [-0.25, -0.2) is 17.9 Å². The molecule has 0 aliphatic carbocycles. The third-order valence-electron chi connectivity index (χ3n) is 3.59. The second kappa shape index (κ2) is 8.19. The maximum atomic E-state index is 13.6. The topological polar surface area (TPSA) is 92.5 Å². The zero-order valence-electron chi connectivity index (χ0n) is 13.8. The number of carbonyl (C=O) groups is 1. The Hall–Kier alpha value is -2.29. The molecule has 1 amide bonds. The van der Waals surface area contributed by atoms with Crippen LogP contribution in [0.2, 0.25) is 0 Å². The summed E-state index contributed by atoms with van der Waals surface area (Å²) in [5, 5.41) is 7.69. The fourth-order valence-corrected chi connectivity index (χ4v) is 2.76. The van der Waals surface area contributed by atoms with Crippen molar-refractivity contribution in [2.75, 3.05) is 18.9 Å². The van der Waals surface area contributed by atoms with Crippen LogP contribution in [0, 0.1) is 5.82 Å².